The number of fused-ring (bicyclic) bond motifs is 2. The van der Waals surface area contributed by atoms with Crippen LogP contribution in [-0.2, 0) is 0 Å². The fraction of sp³-hybridized carbons (Fsp3) is 0.0476. The van der Waals surface area contributed by atoms with Crippen LogP contribution in [0.4, 0.5) is 11.4 Å². The number of ether oxygens (including phenoxy) is 1. The van der Waals surface area contributed by atoms with Gasteiger partial charge in [-0.05, 0) is 22.9 Å². The molecule has 0 saturated carbocycles. The molecule has 0 aliphatic carbocycles. The molecule has 4 rings (SSSR count). The Labute approximate surface area is 145 Å². The second-order valence-electron chi connectivity index (χ2n) is 5.69. The van der Waals surface area contributed by atoms with Crippen molar-refractivity contribution in [2.75, 3.05) is 7.11 Å². The molecule has 0 aliphatic heterocycles. The monoisotopic (exact) mass is 328 g/mol. The summed E-state index contributed by atoms with van der Waals surface area (Å²) in [7, 11) is 1.61. The van der Waals surface area contributed by atoms with Crippen molar-refractivity contribution in [2.24, 2.45) is 10.2 Å². The Morgan fingerprint density at radius 1 is 0.680 bits per heavy atom. The Morgan fingerprint density at radius 2 is 1.24 bits per heavy atom. The fourth-order valence-electron chi connectivity index (χ4n) is 2.95. The van der Waals surface area contributed by atoms with Crippen LogP contribution in [0.5, 0.6) is 11.5 Å². The van der Waals surface area contributed by atoms with Gasteiger partial charge in [0.25, 0.3) is 0 Å². The number of methoxy groups -OCH3 is 1. The Balaban J connectivity index is 1.91. The van der Waals surface area contributed by atoms with E-state index >= 15 is 0 Å². The van der Waals surface area contributed by atoms with Crippen molar-refractivity contribution in [3.63, 3.8) is 0 Å². The van der Waals surface area contributed by atoms with Crippen LogP contribution in [0.3, 0.4) is 0 Å². The highest BCUT2D eigenvalue weighted by atomic mass is 16.5. The number of nitrogens with zero attached hydrogens (tertiary/aromatic N) is 2. The third kappa shape index (κ3) is 2.68. The molecule has 122 valence electrons. The molecule has 0 saturated heterocycles. The summed E-state index contributed by atoms with van der Waals surface area (Å²) in [5.74, 6) is 0.740. The van der Waals surface area contributed by atoms with Crippen molar-refractivity contribution in [1.29, 1.82) is 0 Å². The molecule has 0 aliphatic rings. The van der Waals surface area contributed by atoms with Crippen LogP contribution in [0.25, 0.3) is 21.5 Å². The minimum absolute atomic E-state index is 0.0988. The van der Waals surface area contributed by atoms with E-state index in [1.807, 2.05) is 66.7 Å². The maximum atomic E-state index is 10.2. The third-order valence-corrected chi connectivity index (χ3v) is 4.21. The molecule has 0 heterocycles. The molecule has 1 N–H and O–H groups in total. The molecule has 0 fully saturated rings. The lowest BCUT2D eigenvalue weighted by Gasteiger charge is -2.08. The molecule has 4 aromatic carbocycles. The molecule has 0 radical (unpaired) electrons. The average Bonchev–Trinajstić information content (AvgIpc) is 2.67. The highest BCUT2D eigenvalue weighted by Crippen LogP contribution is 2.40. The van der Waals surface area contributed by atoms with Gasteiger partial charge in [-0.3, -0.25) is 0 Å². The smallest absolute Gasteiger partial charge is 0.147 e. The fourth-order valence-corrected chi connectivity index (χ4v) is 2.95. The van der Waals surface area contributed by atoms with Crippen LogP contribution < -0.4 is 4.74 Å². The normalized spacial score (nSPS) is 11.4. The van der Waals surface area contributed by atoms with Crippen molar-refractivity contribution >= 4 is 32.9 Å². The Morgan fingerprint density at radius 3 is 1.92 bits per heavy atom. The average molecular weight is 328 g/mol. The minimum atomic E-state index is 0.0988. The molecule has 0 spiro atoms. The van der Waals surface area contributed by atoms with Crippen LogP contribution in [0.2, 0.25) is 0 Å². The predicted octanol–water partition coefficient (Wildman–Crippen LogP) is 6.12. The lowest BCUT2D eigenvalue weighted by molar-refractivity contribution is 0.416. The first-order valence-electron chi connectivity index (χ1n) is 7.96. The molecule has 4 aromatic rings. The van der Waals surface area contributed by atoms with E-state index in [9.17, 15) is 5.11 Å². The summed E-state index contributed by atoms with van der Waals surface area (Å²) >= 11 is 0. The van der Waals surface area contributed by atoms with Crippen LogP contribution in [-0.4, -0.2) is 12.2 Å². The molecular weight excluding hydrogens is 312 g/mol. The van der Waals surface area contributed by atoms with E-state index in [4.69, 9.17) is 4.74 Å². The maximum absolute atomic E-state index is 10.2. The lowest BCUT2D eigenvalue weighted by Crippen LogP contribution is -1.84. The van der Waals surface area contributed by atoms with Gasteiger partial charge in [-0.1, -0.05) is 60.7 Å². The lowest BCUT2D eigenvalue weighted by atomic mass is 10.1. The number of hydrogen-bond acceptors (Lipinski definition) is 4. The number of phenols is 1. The first-order valence-corrected chi connectivity index (χ1v) is 7.96. The molecule has 0 amide bonds. The summed E-state index contributed by atoms with van der Waals surface area (Å²) in [5.41, 5.74) is 1.10. The quantitative estimate of drug-likeness (QED) is 0.460. The number of azo groups is 1. The Hall–Kier alpha value is -3.40. The second kappa shape index (κ2) is 6.24. The van der Waals surface area contributed by atoms with E-state index in [1.165, 1.54) is 0 Å². The van der Waals surface area contributed by atoms with Gasteiger partial charge in [0.15, 0.2) is 0 Å². The predicted molar refractivity (Wildman–Crippen MR) is 100 cm³/mol. The number of aromatic hydroxyl groups is 1. The topological polar surface area (TPSA) is 54.2 Å². The summed E-state index contributed by atoms with van der Waals surface area (Å²) in [6.45, 7) is 0. The summed E-state index contributed by atoms with van der Waals surface area (Å²) in [4.78, 5) is 0. The minimum Gasteiger partial charge on any atom is -0.506 e. The van der Waals surface area contributed by atoms with Crippen molar-refractivity contribution < 1.29 is 9.84 Å². The van der Waals surface area contributed by atoms with Gasteiger partial charge in [0.1, 0.15) is 22.9 Å². The molecule has 0 unspecified atom stereocenters. The SMILES string of the molecule is COc1ccc2ccccc2c1N=Nc1c(O)ccc2ccccc12. The maximum Gasteiger partial charge on any atom is 0.147 e. The number of hydrogen-bond donors (Lipinski definition) is 1. The first-order chi connectivity index (χ1) is 12.3. The zero-order chi connectivity index (χ0) is 17.2. The highest BCUT2D eigenvalue weighted by molar-refractivity contribution is 5.97. The van der Waals surface area contributed by atoms with Crippen molar-refractivity contribution in [2.45, 2.75) is 0 Å². The highest BCUT2D eigenvalue weighted by Gasteiger charge is 2.10. The summed E-state index contributed by atoms with van der Waals surface area (Å²) in [5, 5.41) is 22.9. The van der Waals surface area contributed by atoms with Gasteiger partial charge in [0.2, 0.25) is 0 Å². The van der Waals surface area contributed by atoms with E-state index in [0.29, 0.717) is 17.1 Å². The standard InChI is InChI=1S/C21H16N2O2/c1-25-19-13-11-15-7-3-5-9-17(15)21(19)23-22-20-16-8-4-2-6-14(16)10-12-18(20)24/h2-13,24H,1H3. The van der Waals surface area contributed by atoms with Crippen molar-refractivity contribution in [3.8, 4) is 11.5 Å². The molecule has 0 bridgehead atoms. The first kappa shape index (κ1) is 15.1. The van der Waals surface area contributed by atoms with Gasteiger partial charge in [0.05, 0.1) is 7.11 Å². The molecule has 4 nitrogen and oxygen atoms in total. The molecule has 0 atom stereocenters. The van der Waals surface area contributed by atoms with Gasteiger partial charge in [0, 0.05) is 10.8 Å². The van der Waals surface area contributed by atoms with Crippen LogP contribution in [0.1, 0.15) is 0 Å². The molecular formula is C21H16N2O2. The van der Waals surface area contributed by atoms with Gasteiger partial charge in [-0.15, -0.1) is 10.2 Å². The van der Waals surface area contributed by atoms with Crippen LogP contribution >= 0.6 is 0 Å². The van der Waals surface area contributed by atoms with E-state index in [1.54, 1.807) is 13.2 Å². The van der Waals surface area contributed by atoms with Crippen LogP contribution in [0, 0.1) is 0 Å². The number of benzene rings is 4. The third-order valence-electron chi connectivity index (χ3n) is 4.21. The van der Waals surface area contributed by atoms with Crippen LogP contribution in [0.15, 0.2) is 83.0 Å². The van der Waals surface area contributed by atoms with E-state index in [0.717, 1.165) is 21.5 Å². The zero-order valence-electron chi connectivity index (χ0n) is 13.7. The van der Waals surface area contributed by atoms with E-state index in [-0.39, 0.29) is 5.75 Å². The Bertz CT molecular complexity index is 1100. The van der Waals surface area contributed by atoms with Gasteiger partial charge in [-0.25, -0.2) is 0 Å². The van der Waals surface area contributed by atoms with Crippen molar-refractivity contribution in [1.82, 2.24) is 0 Å². The molecule has 0 aromatic heterocycles. The summed E-state index contributed by atoms with van der Waals surface area (Å²) in [6, 6.07) is 23.1. The summed E-state index contributed by atoms with van der Waals surface area (Å²) < 4.78 is 5.44. The van der Waals surface area contributed by atoms with E-state index in [2.05, 4.69) is 10.2 Å². The van der Waals surface area contributed by atoms with Gasteiger partial charge >= 0.3 is 0 Å². The van der Waals surface area contributed by atoms with Crippen molar-refractivity contribution in [3.05, 3.63) is 72.8 Å². The zero-order valence-corrected chi connectivity index (χ0v) is 13.7. The van der Waals surface area contributed by atoms with Gasteiger partial charge in [-0.2, -0.15) is 0 Å². The van der Waals surface area contributed by atoms with Gasteiger partial charge < -0.3 is 9.84 Å². The largest absolute Gasteiger partial charge is 0.506 e. The molecule has 4 heteroatoms. The Kier molecular flexibility index (Phi) is 3.78. The summed E-state index contributed by atoms with van der Waals surface area (Å²) in [6.07, 6.45) is 0. The molecule has 25 heavy (non-hydrogen) atoms. The van der Waals surface area contributed by atoms with E-state index < -0.39 is 0 Å². The second-order valence-corrected chi connectivity index (χ2v) is 5.69. The number of rotatable bonds is 3. The number of phenolic OH excluding ortho intramolecular Hbond substituents is 1.